The highest BCUT2D eigenvalue weighted by molar-refractivity contribution is 6.62. The van der Waals surface area contributed by atoms with E-state index in [0.717, 1.165) is 12.8 Å². The zero-order chi connectivity index (χ0) is 15.8. The van der Waals surface area contributed by atoms with E-state index in [1.54, 1.807) is 0 Å². The van der Waals surface area contributed by atoms with Gasteiger partial charge in [0.15, 0.2) is 0 Å². The third-order valence-corrected chi connectivity index (χ3v) is 4.67. The largest absolute Gasteiger partial charge is 0.311 e. The van der Waals surface area contributed by atoms with Gasteiger partial charge in [-0.15, -0.1) is 5.21 Å². The lowest BCUT2D eigenvalue weighted by molar-refractivity contribution is 0.106. The van der Waals surface area contributed by atoms with Crippen LogP contribution in [0.5, 0.6) is 0 Å². The molecular weight excluding hydrogens is 235 g/mol. The predicted octanol–water partition coefficient (Wildman–Crippen LogP) is 0.948. The van der Waals surface area contributed by atoms with E-state index in [0.29, 0.717) is 0 Å². The molecule has 96 valence electrons. The summed E-state index contributed by atoms with van der Waals surface area (Å²) >= 11 is 0. The van der Waals surface area contributed by atoms with Crippen molar-refractivity contribution in [3.63, 3.8) is 0 Å². The van der Waals surface area contributed by atoms with E-state index in [9.17, 15) is 0 Å². The molecule has 1 fully saturated rings. The third kappa shape index (κ3) is 3.08. The summed E-state index contributed by atoms with van der Waals surface area (Å²) in [5, 5.41) is -4.32. The maximum atomic E-state index is 6.19. The maximum Gasteiger partial charge on any atom is 0.0811 e. The van der Waals surface area contributed by atoms with Gasteiger partial charge in [-0.1, -0.05) is 43.2 Å². The Morgan fingerprint density at radius 1 is 0.950 bits per heavy atom. The molecule has 0 unspecified atom stereocenters. The van der Waals surface area contributed by atoms with Gasteiger partial charge in [0.05, 0.1) is 47.1 Å². The van der Waals surface area contributed by atoms with Crippen LogP contribution in [0, 0.1) is 0 Å². The Bertz CT molecular complexity index is 340. The number of likely N-dealkylation sites (tertiary alicyclic amines) is 1. The van der Waals surface area contributed by atoms with Crippen LogP contribution in [0.2, 0.25) is 10.4 Å². The summed E-state index contributed by atoms with van der Waals surface area (Å²) in [6, 6.07) is 0. The molecule has 0 aromatic carbocycles. The summed E-state index contributed by atoms with van der Waals surface area (Å²) < 4.78 is 0. The number of nitrogens with zero attached hydrogens (tertiary/aromatic N) is 1. The van der Waals surface area contributed by atoms with Crippen molar-refractivity contribution in [3.05, 3.63) is 0 Å². The first-order valence-corrected chi connectivity index (χ1v) is 7.41. The van der Waals surface area contributed by atoms with E-state index in [-0.39, 0.29) is 12.1 Å². The van der Waals surface area contributed by atoms with Gasteiger partial charge >= 0.3 is 0 Å². The molecule has 1 rings (SSSR count). The van der Waals surface area contributed by atoms with Gasteiger partial charge < -0.3 is 4.90 Å². The second-order valence-corrected chi connectivity index (χ2v) is 6.94. The van der Waals surface area contributed by atoms with Crippen LogP contribution in [0.3, 0.4) is 0 Å². The molecule has 0 spiro atoms. The lowest BCUT2D eigenvalue weighted by atomic mass is 9.22. The zero-order valence-electron chi connectivity index (χ0n) is 13.2. The van der Waals surface area contributed by atoms with Gasteiger partial charge in [-0.2, -0.15) is 0 Å². The van der Waals surface area contributed by atoms with Crippen molar-refractivity contribution >= 4 is 47.1 Å². The Kier molecular flexibility index (Phi) is 5.39. The van der Waals surface area contributed by atoms with E-state index >= 15 is 0 Å². The summed E-state index contributed by atoms with van der Waals surface area (Å²) in [6.07, 6.45) is 5.64. The minimum Gasteiger partial charge on any atom is -0.311 e. The first-order valence-electron chi connectivity index (χ1n) is 7.41. The molecule has 0 saturated carbocycles. The SMILES string of the molecule is [B]C1([B])CN(C(C)(C)CCCCCC)C([B])([B])C1([B])[B]. The molecule has 1 heterocycles. The van der Waals surface area contributed by atoms with Crippen molar-refractivity contribution in [2.75, 3.05) is 6.54 Å². The molecule has 0 aromatic rings. The molecule has 0 atom stereocenters. The van der Waals surface area contributed by atoms with Gasteiger partial charge in [0, 0.05) is 5.54 Å². The fourth-order valence-corrected chi connectivity index (χ4v) is 2.95. The molecule has 0 bridgehead atoms. The van der Waals surface area contributed by atoms with Crippen molar-refractivity contribution in [3.8, 4) is 0 Å². The second kappa shape index (κ2) is 5.86. The third-order valence-electron chi connectivity index (χ3n) is 4.67. The highest BCUT2D eigenvalue weighted by atomic mass is 15.3. The van der Waals surface area contributed by atoms with Crippen molar-refractivity contribution in [2.24, 2.45) is 0 Å². The summed E-state index contributed by atoms with van der Waals surface area (Å²) in [5.74, 6) is 0. The average molecular weight is 256 g/mol. The molecule has 7 heteroatoms. The highest BCUT2D eigenvalue weighted by Crippen LogP contribution is 2.58. The van der Waals surface area contributed by atoms with E-state index in [1.807, 2.05) is 4.90 Å². The molecule has 0 aliphatic carbocycles. The van der Waals surface area contributed by atoms with E-state index < -0.39 is 15.8 Å². The molecule has 0 N–H and O–H groups in total. The van der Waals surface area contributed by atoms with Crippen LogP contribution in [0.4, 0.5) is 0 Å². The van der Waals surface area contributed by atoms with Crippen molar-refractivity contribution in [2.45, 2.75) is 74.2 Å². The van der Waals surface area contributed by atoms with Crippen LogP contribution >= 0.6 is 0 Å². The van der Waals surface area contributed by atoms with E-state index in [1.165, 1.54) is 19.3 Å². The Morgan fingerprint density at radius 3 is 1.90 bits per heavy atom. The Labute approximate surface area is 133 Å². The number of unbranched alkanes of at least 4 members (excludes halogenated alkanes) is 3. The molecule has 20 heavy (non-hydrogen) atoms. The molecule has 1 saturated heterocycles. The van der Waals surface area contributed by atoms with Gasteiger partial charge in [0.2, 0.25) is 0 Å². The predicted molar refractivity (Wildman–Crippen MR) is 92.2 cm³/mol. The molecular formula is C13H21B6N. The van der Waals surface area contributed by atoms with Crippen LogP contribution in [-0.2, 0) is 0 Å². The normalized spacial score (nSPS) is 24.8. The fourth-order valence-electron chi connectivity index (χ4n) is 2.95. The molecule has 0 amide bonds. The van der Waals surface area contributed by atoms with Crippen molar-refractivity contribution < 1.29 is 0 Å². The molecule has 1 aliphatic rings. The van der Waals surface area contributed by atoms with E-state index in [4.69, 9.17) is 47.1 Å². The van der Waals surface area contributed by atoms with Crippen LogP contribution < -0.4 is 0 Å². The summed E-state index contributed by atoms with van der Waals surface area (Å²) in [4.78, 5) is 1.85. The monoisotopic (exact) mass is 257 g/mol. The van der Waals surface area contributed by atoms with Crippen molar-refractivity contribution in [1.82, 2.24) is 4.90 Å². The van der Waals surface area contributed by atoms with Crippen LogP contribution in [0.1, 0.15) is 52.9 Å². The molecule has 12 radical (unpaired) electrons. The molecule has 1 aliphatic heterocycles. The summed E-state index contributed by atoms with van der Waals surface area (Å²) in [6.45, 7) is 6.61. The topological polar surface area (TPSA) is 3.24 Å². The van der Waals surface area contributed by atoms with E-state index in [2.05, 4.69) is 20.8 Å². The lowest BCUT2D eigenvalue weighted by Crippen LogP contribution is -2.60. The first-order chi connectivity index (χ1) is 8.90. The number of hydrogen-bond acceptors (Lipinski definition) is 1. The van der Waals surface area contributed by atoms with Gasteiger partial charge in [0.1, 0.15) is 0 Å². The van der Waals surface area contributed by atoms with Crippen molar-refractivity contribution in [1.29, 1.82) is 0 Å². The Hall–Kier alpha value is 0.350. The maximum absolute atomic E-state index is 6.19. The minimum atomic E-state index is -1.55. The molecule has 0 aromatic heterocycles. The second-order valence-electron chi connectivity index (χ2n) is 6.94. The van der Waals surface area contributed by atoms with Crippen LogP contribution in [0.25, 0.3) is 0 Å². The summed E-state index contributed by atoms with van der Waals surface area (Å²) in [7, 11) is 36.5. The smallest absolute Gasteiger partial charge is 0.0811 e. The van der Waals surface area contributed by atoms with Gasteiger partial charge in [0.25, 0.3) is 0 Å². The standard InChI is InChI=1S/C13H21B6N/c1-4-5-6-7-8-10(2,3)20-9-11(14,15)12(16,17)13(20,18)19/h4-9H2,1-3H3. The Morgan fingerprint density at radius 2 is 1.50 bits per heavy atom. The average Bonchev–Trinajstić information content (AvgIpc) is 2.43. The highest BCUT2D eigenvalue weighted by Gasteiger charge is 2.57. The minimum absolute atomic E-state index is 0.262. The number of hydrogen-bond donors (Lipinski definition) is 0. The van der Waals surface area contributed by atoms with Gasteiger partial charge in [-0.05, 0) is 26.8 Å². The zero-order valence-corrected chi connectivity index (χ0v) is 13.2. The van der Waals surface area contributed by atoms with Crippen LogP contribution in [-0.4, -0.2) is 69.4 Å². The lowest BCUT2D eigenvalue weighted by Gasteiger charge is -2.52. The number of rotatable bonds is 6. The summed E-state index contributed by atoms with van der Waals surface area (Å²) in [5.41, 5.74) is -0.262. The quantitative estimate of drug-likeness (QED) is 0.505. The first kappa shape index (κ1) is 18.4. The Balaban J connectivity index is 2.85. The fraction of sp³-hybridized carbons (Fsp3) is 1.00. The molecule has 1 nitrogen and oxygen atoms in total. The van der Waals surface area contributed by atoms with Gasteiger partial charge in [-0.3, -0.25) is 0 Å². The van der Waals surface area contributed by atoms with Crippen LogP contribution in [0.15, 0.2) is 0 Å². The van der Waals surface area contributed by atoms with Gasteiger partial charge in [-0.25, -0.2) is 0 Å².